The lowest BCUT2D eigenvalue weighted by atomic mass is 9.80. The third-order valence-corrected chi connectivity index (χ3v) is 5.50. The van der Waals surface area contributed by atoms with Gasteiger partial charge in [0.05, 0.1) is 0 Å². The second-order valence-electron chi connectivity index (χ2n) is 8.53. The van der Waals surface area contributed by atoms with Gasteiger partial charge in [0, 0.05) is 16.2 Å². The Kier molecular flexibility index (Phi) is 5.11. The number of phenols is 1. The molecule has 2 aromatic carbocycles. The number of rotatable bonds is 2. The number of phenolic OH excluding ortho intramolecular Hbond substituents is 1. The third-order valence-electron chi connectivity index (χ3n) is 4.18. The van der Waals surface area contributed by atoms with Gasteiger partial charge in [0.25, 0.3) is 0 Å². The first-order valence-electron chi connectivity index (χ1n) is 8.31. The van der Waals surface area contributed by atoms with Crippen molar-refractivity contribution in [2.24, 2.45) is 0 Å². The Morgan fingerprint density at radius 2 is 1.50 bits per heavy atom. The van der Waals surface area contributed by atoms with Crippen LogP contribution in [0, 0.1) is 12.7 Å². The minimum atomic E-state index is -0.203. The van der Waals surface area contributed by atoms with Crippen molar-refractivity contribution in [3.8, 4) is 5.75 Å². The van der Waals surface area contributed by atoms with Gasteiger partial charge in [-0.15, -0.1) is 0 Å². The van der Waals surface area contributed by atoms with Crippen molar-refractivity contribution in [1.82, 2.24) is 0 Å². The molecule has 0 fully saturated rings. The van der Waals surface area contributed by atoms with Crippen molar-refractivity contribution in [2.45, 2.75) is 59.3 Å². The smallest absolute Gasteiger partial charge is 0.131 e. The average molecular weight is 346 g/mol. The van der Waals surface area contributed by atoms with E-state index in [1.807, 2.05) is 25.1 Å². The molecule has 0 aromatic heterocycles. The fourth-order valence-corrected chi connectivity index (χ4v) is 3.73. The van der Waals surface area contributed by atoms with Crippen molar-refractivity contribution in [3.05, 3.63) is 52.8 Å². The van der Waals surface area contributed by atoms with E-state index in [4.69, 9.17) is 0 Å². The number of halogens is 1. The standard InChI is InChI=1S/C21H28FOP/c1-13-8-9-17(16(22)10-13)24-18-12-14(20(2,3)4)11-15(19(18)23)21(5,6)7/h8-12,23-24H,1-7H3. The van der Waals surface area contributed by atoms with E-state index in [9.17, 15) is 9.50 Å². The van der Waals surface area contributed by atoms with Crippen LogP contribution >= 0.6 is 8.58 Å². The molecule has 0 amide bonds. The lowest BCUT2D eigenvalue weighted by Crippen LogP contribution is -2.21. The number of aryl methyl sites for hydroxylation is 1. The molecule has 0 aliphatic rings. The van der Waals surface area contributed by atoms with E-state index in [1.54, 1.807) is 6.07 Å². The summed E-state index contributed by atoms with van der Waals surface area (Å²) >= 11 is 0. The summed E-state index contributed by atoms with van der Waals surface area (Å²) < 4.78 is 14.3. The van der Waals surface area contributed by atoms with Crippen LogP contribution < -0.4 is 10.6 Å². The maximum atomic E-state index is 14.3. The van der Waals surface area contributed by atoms with Gasteiger partial charge in [0.1, 0.15) is 11.6 Å². The molecule has 1 N–H and O–H groups in total. The minimum absolute atomic E-state index is 0.0290. The van der Waals surface area contributed by atoms with Crippen molar-refractivity contribution in [3.63, 3.8) is 0 Å². The van der Waals surface area contributed by atoms with E-state index in [-0.39, 0.29) is 25.2 Å². The van der Waals surface area contributed by atoms with E-state index in [2.05, 4.69) is 47.6 Å². The van der Waals surface area contributed by atoms with Crippen LogP contribution in [0.5, 0.6) is 5.75 Å². The van der Waals surface area contributed by atoms with Gasteiger partial charge in [-0.2, -0.15) is 0 Å². The van der Waals surface area contributed by atoms with Crippen LogP contribution in [0.2, 0.25) is 0 Å². The Balaban J connectivity index is 2.60. The summed E-state index contributed by atoms with van der Waals surface area (Å²) in [5, 5.41) is 12.3. The molecular weight excluding hydrogens is 318 g/mol. The van der Waals surface area contributed by atoms with Crippen molar-refractivity contribution in [1.29, 1.82) is 0 Å². The number of hydrogen-bond donors (Lipinski definition) is 1. The molecule has 1 atom stereocenters. The zero-order valence-corrected chi connectivity index (χ0v) is 16.7. The first-order chi connectivity index (χ1) is 10.9. The zero-order chi connectivity index (χ0) is 18.3. The highest BCUT2D eigenvalue weighted by Gasteiger charge is 2.25. The lowest BCUT2D eigenvalue weighted by molar-refractivity contribution is 0.449. The number of hydrogen-bond acceptors (Lipinski definition) is 1. The second kappa shape index (κ2) is 6.48. The highest BCUT2D eigenvalue weighted by Crippen LogP contribution is 2.36. The van der Waals surface area contributed by atoms with E-state index < -0.39 is 0 Å². The summed E-state index contributed by atoms with van der Waals surface area (Å²) in [6.45, 7) is 14.6. The van der Waals surface area contributed by atoms with Crippen molar-refractivity contribution >= 4 is 19.2 Å². The van der Waals surface area contributed by atoms with Crippen LogP contribution in [0.15, 0.2) is 30.3 Å². The molecule has 130 valence electrons. The largest absolute Gasteiger partial charge is 0.507 e. The molecular formula is C21H28FOP. The van der Waals surface area contributed by atoms with Crippen LogP contribution in [-0.2, 0) is 10.8 Å². The topological polar surface area (TPSA) is 20.2 Å². The van der Waals surface area contributed by atoms with Crippen molar-refractivity contribution < 1.29 is 9.50 Å². The van der Waals surface area contributed by atoms with Crippen LogP contribution in [0.25, 0.3) is 0 Å². The van der Waals surface area contributed by atoms with Crippen LogP contribution in [-0.4, -0.2) is 5.11 Å². The van der Waals surface area contributed by atoms with Gasteiger partial charge < -0.3 is 5.11 Å². The molecule has 0 bridgehead atoms. The highest BCUT2D eigenvalue weighted by atomic mass is 31.1. The normalized spacial score (nSPS) is 13.0. The number of benzene rings is 2. The zero-order valence-electron chi connectivity index (χ0n) is 15.7. The second-order valence-corrected chi connectivity index (χ2v) is 9.86. The molecule has 0 saturated heterocycles. The first-order valence-corrected chi connectivity index (χ1v) is 9.31. The van der Waals surface area contributed by atoms with E-state index in [0.717, 1.165) is 16.4 Å². The van der Waals surface area contributed by atoms with Crippen LogP contribution in [0.1, 0.15) is 58.2 Å². The predicted molar refractivity (Wildman–Crippen MR) is 104 cm³/mol. The summed E-state index contributed by atoms with van der Waals surface area (Å²) in [5.74, 6) is 0.0972. The Bertz CT molecular complexity index is 752. The first kappa shape index (κ1) is 18.9. The fraction of sp³-hybridized carbons (Fsp3) is 0.429. The summed E-state index contributed by atoms with van der Waals surface area (Å²) in [4.78, 5) is 0. The Morgan fingerprint density at radius 1 is 0.875 bits per heavy atom. The summed E-state index contributed by atoms with van der Waals surface area (Å²) in [6, 6.07) is 9.42. The van der Waals surface area contributed by atoms with Crippen LogP contribution in [0.4, 0.5) is 4.39 Å². The third kappa shape index (κ3) is 4.16. The van der Waals surface area contributed by atoms with Crippen LogP contribution in [0.3, 0.4) is 0 Å². The van der Waals surface area contributed by atoms with Gasteiger partial charge in [0.2, 0.25) is 0 Å². The van der Waals surface area contributed by atoms with Gasteiger partial charge >= 0.3 is 0 Å². The minimum Gasteiger partial charge on any atom is -0.507 e. The Labute approximate surface area is 147 Å². The van der Waals surface area contributed by atoms with Gasteiger partial charge in [-0.3, -0.25) is 0 Å². The van der Waals surface area contributed by atoms with Gasteiger partial charge in [-0.05, 0) is 41.0 Å². The molecule has 3 heteroatoms. The molecule has 0 saturated carbocycles. The molecule has 0 heterocycles. The molecule has 0 radical (unpaired) electrons. The summed E-state index contributed by atoms with van der Waals surface area (Å²) in [7, 11) is 0.0967. The maximum Gasteiger partial charge on any atom is 0.131 e. The fourth-order valence-electron chi connectivity index (χ4n) is 2.60. The molecule has 2 aromatic rings. The lowest BCUT2D eigenvalue weighted by Gasteiger charge is -2.27. The molecule has 0 aliphatic carbocycles. The number of aromatic hydroxyl groups is 1. The summed E-state index contributed by atoms with van der Waals surface area (Å²) in [6.07, 6.45) is 0. The highest BCUT2D eigenvalue weighted by molar-refractivity contribution is 7.55. The molecule has 1 unspecified atom stereocenters. The van der Waals surface area contributed by atoms with E-state index >= 15 is 0 Å². The van der Waals surface area contributed by atoms with Gasteiger partial charge in [0.15, 0.2) is 0 Å². The van der Waals surface area contributed by atoms with Gasteiger partial charge in [-0.1, -0.05) is 68.3 Å². The Morgan fingerprint density at radius 3 is 2.00 bits per heavy atom. The average Bonchev–Trinajstić information content (AvgIpc) is 2.41. The molecule has 0 spiro atoms. The van der Waals surface area contributed by atoms with Gasteiger partial charge in [-0.25, -0.2) is 4.39 Å². The predicted octanol–water partition coefficient (Wildman–Crippen LogP) is 5.06. The monoisotopic (exact) mass is 346 g/mol. The Hall–Kier alpha value is -1.40. The van der Waals surface area contributed by atoms with Crippen molar-refractivity contribution in [2.75, 3.05) is 0 Å². The van der Waals surface area contributed by atoms with E-state index in [0.29, 0.717) is 11.1 Å². The quantitative estimate of drug-likeness (QED) is 0.753. The molecule has 24 heavy (non-hydrogen) atoms. The molecule has 2 rings (SSSR count). The molecule has 0 aliphatic heterocycles. The summed E-state index contributed by atoms with van der Waals surface area (Å²) in [5.41, 5.74) is 2.80. The maximum absolute atomic E-state index is 14.3. The van der Waals surface area contributed by atoms with E-state index in [1.165, 1.54) is 5.56 Å². The SMILES string of the molecule is Cc1ccc(Pc2cc(C(C)(C)C)cc(C(C)(C)C)c2O)c(F)c1. The molecule has 1 nitrogen and oxygen atoms in total.